The third kappa shape index (κ3) is 2.74. The van der Waals surface area contributed by atoms with Crippen LogP contribution in [-0.4, -0.2) is 32.3 Å². The number of fused-ring (bicyclic) bond motifs is 1. The first-order valence-electron chi connectivity index (χ1n) is 8.29. The highest BCUT2D eigenvalue weighted by Gasteiger charge is 2.28. The van der Waals surface area contributed by atoms with Crippen LogP contribution in [0.4, 0.5) is 5.69 Å². The zero-order chi connectivity index (χ0) is 16.7. The molecule has 0 aliphatic carbocycles. The molecule has 2 aliphatic heterocycles. The van der Waals surface area contributed by atoms with Gasteiger partial charge < -0.3 is 4.74 Å². The van der Waals surface area contributed by atoms with Crippen LogP contribution in [0.5, 0.6) is 0 Å². The Hall–Kier alpha value is -1.44. The lowest BCUT2D eigenvalue weighted by Gasteiger charge is -2.18. The summed E-state index contributed by atoms with van der Waals surface area (Å²) in [5.74, 6) is 0.130. The van der Waals surface area contributed by atoms with Gasteiger partial charge in [-0.3, -0.25) is 4.31 Å². The second-order valence-electron chi connectivity index (χ2n) is 6.14. The van der Waals surface area contributed by atoms with Crippen LogP contribution in [-0.2, 0) is 21.2 Å². The van der Waals surface area contributed by atoms with E-state index in [-0.39, 0.29) is 11.9 Å². The zero-order valence-electron chi connectivity index (χ0n) is 13.6. The van der Waals surface area contributed by atoms with Crippen LogP contribution in [0.1, 0.15) is 36.4 Å². The van der Waals surface area contributed by atoms with Crippen molar-refractivity contribution < 1.29 is 13.2 Å². The van der Waals surface area contributed by atoms with E-state index < -0.39 is 10.0 Å². The molecule has 5 nitrogen and oxygen atoms in total. The molecule has 1 fully saturated rings. The molecule has 7 heteroatoms. The summed E-state index contributed by atoms with van der Waals surface area (Å²) in [6, 6.07) is 5.96. The fourth-order valence-corrected chi connectivity index (χ4v) is 5.38. The first-order valence-corrected chi connectivity index (χ1v) is 10.8. The summed E-state index contributed by atoms with van der Waals surface area (Å²) in [7, 11) is -3.19. The van der Waals surface area contributed by atoms with Crippen LogP contribution in [0.2, 0.25) is 0 Å². The molecule has 1 aromatic carbocycles. The fraction of sp³-hybridized carbons (Fsp3) is 0.471. The minimum Gasteiger partial charge on any atom is -0.371 e. The lowest BCUT2D eigenvalue weighted by atomic mass is 10.1. The Labute approximate surface area is 146 Å². The molecule has 1 saturated heterocycles. The van der Waals surface area contributed by atoms with Gasteiger partial charge in [0.25, 0.3) is 0 Å². The van der Waals surface area contributed by atoms with Gasteiger partial charge in [-0.15, -0.1) is 11.3 Å². The van der Waals surface area contributed by atoms with Crippen LogP contribution < -0.4 is 4.31 Å². The summed E-state index contributed by atoms with van der Waals surface area (Å²) in [4.78, 5) is 4.73. The van der Waals surface area contributed by atoms with E-state index in [4.69, 9.17) is 9.72 Å². The van der Waals surface area contributed by atoms with E-state index in [1.807, 2.05) is 12.1 Å². The van der Waals surface area contributed by atoms with E-state index in [0.717, 1.165) is 53.4 Å². The average molecular weight is 364 g/mol. The lowest BCUT2D eigenvalue weighted by molar-refractivity contribution is 0.112. The van der Waals surface area contributed by atoms with Crippen LogP contribution in [0.15, 0.2) is 23.6 Å². The SMILES string of the molecule is CCS(=O)(=O)N1CCc2cc(-c3csc(C4CCCO4)n3)ccc21. The van der Waals surface area contributed by atoms with Gasteiger partial charge in [0.05, 0.1) is 17.1 Å². The van der Waals surface area contributed by atoms with Crippen molar-refractivity contribution >= 4 is 27.0 Å². The van der Waals surface area contributed by atoms with Gasteiger partial charge in [-0.1, -0.05) is 6.07 Å². The Kier molecular flexibility index (Phi) is 4.10. The number of sulfonamides is 1. The van der Waals surface area contributed by atoms with Crippen molar-refractivity contribution in [2.75, 3.05) is 23.2 Å². The van der Waals surface area contributed by atoms with E-state index in [2.05, 4.69) is 11.4 Å². The van der Waals surface area contributed by atoms with Gasteiger partial charge in [0.15, 0.2) is 0 Å². The predicted octanol–water partition coefficient (Wildman–Crippen LogP) is 3.37. The first kappa shape index (κ1) is 16.1. The molecule has 128 valence electrons. The summed E-state index contributed by atoms with van der Waals surface area (Å²) < 4.78 is 31.6. The number of thiazole rings is 1. The maximum atomic E-state index is 12.2. The number of aromatic nitrogens is 1. The molecule has 0 radical (unpaired) electrons. The number of benzene rings is 1. The van der Waals surface area contributed by atoms with E-state index in [1.165, 1.54) is 4.31 Å². The van der Waals surface area contributed by atoms with Gasteiger partial charge in [0, 0.05) is 24.1 Å². The summed E-state index contributed by atoms with van der Waals surface area (Å²) >= 11 is 1.64. The Morgan fingerprint density at radius 1 is 1.42 bits per heavy atom. The molecule has 1 aromatic heterocycles. The standard InChI is InChI=1S/C17H20N2O3S2/c1-2-24(20,21)19-8-7-13-10-12(5-6-15(13)19)14-11-23-17(18-14)16-4-3-9-22-16/h5-6,10-11,16H,2-4,7-9H2,1H3. The Bertz CT molecular complexity index is 854. The molecule has 2 aliphatic rings. The number of anilines is 1. The summed E-state index contributed by atoms with van der Waals surface area (Å²) in [5, 5.41) is 3.10. The smallest absolute Gasteiger partial charge is 0.234 e. The van der Waals surface area contributed by atoms with Gasteiger partial charge in [0.1, 0.15) is 11.1 Å². The second kappa shape index (κ2) is 6.13. The Balaban J connectivity index is 1.63. The van der Waals surface area contributed by atoms with Crippen molar-refractivity contribution in [2.24, 2.45) is 0 Å². The monoisotopic (exact) mass is 364 g/mol. The largest absolute Gasteiger partial charge is 0.371 e. The quantitative estimate of drug-likeness (QED) is 0.834. The number of hydrogen-bond donors (Lipinski definition) is 0. The van der Waals surface area contributed by atoms with Gasteiger partial charge in [-0.2, -0.15) is 0 Å². The van der Waals surface area contributed by atoms with E-state index in [9.17, 15) is 8.42 Å². The molecule has 0 N–H and O–H groups in total. The molecule has 2 aromatic rings. The average Bonchev–Trinajstić information content (AvgIpc) is 3.32. The summed E-state index contributed by atoms with van der Waals surface area (Å²) in [6.07, 6.45) is 3.04. The normalized spacial score (nSPS) is 20.5. The third-order valence-electron chi connectivity index (χ3n) is 4.66. The van der Waals surface area contributed by atoms with Crippen LogP contribution >= 0.6 is 11.3 Å². The Morgan fingerprint density at radius 3 is 3.04 bits per heavy atom. The highest BCUT2D eigenvalue weighted by atomic mass is 32.2. The van der Waals surface area contributed by atoms with Crippen molar-refractivity contribution in [3.8, 4) is 11.3 Å². The molecular weight excluding hydrogens is 344 g/mol. The highest BCUT2D eigenvalue weighted by molar-refractivity contribution is 7.92. The van der Waals surface area contributed by atoms with Crippen molar-refractivity contribution in [3.05, 3.63) is 34.2 Å². The van der Waals surface area contributed by atoms with Gasteiger partial charge in [-0.25, -0.2) is 13.4 Å². The minimum absolute atomic E-state index is 0.130. The fourth-order valence-electron chi connectivity index (χ4n) is 3.32. The zero-order valence-corrected chi connectivity index (χ0v) is 15.2. The molecule has 0 bridgehead atoms. The molecule has 0 saturated carbocycles. The minimum atomic E-state index is -3.19. The van der Waals surface area contributed by atoms with Gasteiger partial charge in [-0.05, 0) is 43.9 Å². The van der Waals surface area contributed by atoms with Crippen molar-refractivity contribution in [2.45, 2.75) is 32.3 Å². The Morgan fingerprint density at radius 2 is 2.29 bits per heavy atom. The summed E-state index contributed by atoms with van der Waals surface area (Å²) in [5.41, 5.74) is 3.89. The third-order valence-corrected chi connectivity index (χ3v) is 7.37. The summed E-state index contributed by atoms with van der Waals surface area (Å²) in [6.45, 7) is 3.04. The first-order chi connectivity index (χ1) is 11.6. The van der Waals surface area contributed by atoms with Crippen LogP contribution in [0, 0.1) is 0 Å². The van der Waals surface area contributed by atoms with Crippen LogP contribution in [0.25, 0.3) is 11.3 Å². The number of rotatable bonds is 4. The maximum Gasteiger partial charge on any atom is 0.234 e. The molecule has 24 heavy (non-hydrogen) atoms. The maximum absolute atomic E-state index is 12.2. The molecule has 0 amide bonds. The number of ether oxygens (including phenoxy) is 1. The second-order valence-corrected chi connectivity index (χ2v) is 9.21. The predicted molar refractivity (Wildman–Crippen MR) is 96.0 cm³/mol. The van der Waals surface area contributed by atoms with Crippen molar-refractivity contribution in [1.82, 2.24) is 4.98 Å². The molecular formula is C17H20N2O3S2. The molecule has 4 rings (SSSR count). The van der Waals surface area contributed by atoms with E-state index >= 15 is 0 Å². The van der Waals surface area contributed by atoms with E-state index in [1.54, 1.807) is 18.3 Å². The number of hydrogen-bond acceptors (Lipinski definition) is 5. The molecule has 1 unspecified atom stereocenters. The van der Waals surface area contributed by atoms with E-state index in [0.29, 0.717) is 6.54 Å². The topological polar surface area (TPSA) is 59.5 Å². The molecule has 3 heterocycles. The van der Waals surface area contributed by atoms with Crippen LogP contribution in [0.3, 0.4) is 0 Å². The van der Waals surface area contributed by atoms with Crippen molar-refractivity contribution in [1.29, 1.82) is 0 Å². The molecule has 0 spiro atoms. The number of nitrogens with zero attached hydrogens (tertiary/aromatic N) is 2. The van der Waals surface area contributed by atoms with Gasteiger partial charge >= 0.3 is 0 Å². The lowest BCUT2D eigenvalue weighted by Crippen LogP contribution is -2.30. The van der Waals surface area contributed by atoms with Crippen molar-refractivity contribution in [3.63, 3.8) is 0 Å². The van der Waals surface area contributed by atoms with Gasteiger partial charge in [0.2, 0.25) is 10.0 Å². The molecule has 1 atom stereocenters. The highest BCUT2D eigenvalue weighted by Crippen LogP contribution is 2.36.